The fourth-order valence-corrected chi connectivity index (χ4v) is 3.15. The van der Waals surface area contributed by atoms with Crippen molar-refractivity contribution >= 4 is 23.0 Å². The van der Waals surface area contributed by atoms with Gasteiger partial charge < -0.3 is 15.4 Å². The van der Waals surface area contributed by atoms with Gasteiger partial charge in [-0.05, 0) is 42.8 Å². The summed E-state index contributed by atoms with van der Waals surface area (Å²) in [4.78, 5) is 17.1. The highest BCUT2D eigenvalue weighted by atomic mass is 19.4. The van der Waals surface area contributed by atoms with Crippen LogP contribution >= 0.6 is 0 Å². The number of pyridine rings is 1. The molecule has 11 heteroatoms. The molecular formula is C23H19F6N3O2. The van der Waals surface area contributed by atoms with Gasteiger partial charge in [-0.1, -0.05) is 18.2 Å². The van der Waals surface area contributed by atoms with E-state index < -0.39 is 35.8 Å². The first kappa shape index (κ1) is 24.9. The summed E-state index contributed by atoms with van der Waals surface area (Å²) in [5.74, 6) is -0.629. The van der Waals surface area contributed by atoms with Crippen LogP contribution in [0.3, 0.4) is 0 Å². The van der Waals surface area contributed by atoms with Crippen molar-refractivity contribution < 1.29 is 35.9 Å². The van der Waals surface area contributed by atoms with Crippen LogP contribution in [0.4, 0.5) is 43.4 Å². The Morgan fingerprint density at radius 3 is 2.24 bits per heavy atom. The van der Waals surface area contributed by atoms with Crippen molar-refractivity contribution in [3.05, 3.63) is 77.0 Å². The molecule has 0 aliphatic carbocycles. The van der Waals surface area contributed by atoms with Crippen LogP contribution < -0.4 is 15.4 Å². The second-order valence-corrected chi connectivity index (χ2v) is 7.27. The number of nitrogens with one attached hydrogen (secondary N) is 2. The molecule has 2 aromatic carbocycles. The summed E-state index contributed by atoms with van der Waals surface area (Å²) < 4.78 is 83.8. The number of para-hydroxylation sites is 1. The van der Waals surface area contributed by atoms with Gasteiger partial charge in [-0.25, -0.2) is 4.98 Å². The van der Waals surface area contributed by atoms with Crippen LogP contribution in [-0.2, 0) is 12.6 Å². The summed E-state index contributed by atoms with van der Waals surface area (Å²) >= 11 is 0. The lowest BCUT2D eigenvalue weighted by molar-refractivity contribution is -0.137. The second-order valence-electron chi connectivity index (χ2n) is 7.27. The number of alkyl halides is 6. The summed E-state index contributed by atoms with van der Waals surface area (Å²) in [7, 11) is 1.40. The molecule has 1 heterocycles. The van der Waals surface area contributed by atoms with E-state index in [2.05, 4.69) is 15.6 Å². The summed E-state index contributed by atoms with van der Waals surface area (Å²) in [5.41, 5.74) is -1.13. The normalized spacial score (nSPS) is 11.8. The number of hydrogen-bond acceptors (Lipinski definition) is 4. The summed E-state index contributed by atoms with van der Waals surface area (Å²) in [6.45, 7) is 1.57. The molecule has 0 saturated carbocycles. The number of anilines is 3. The fraction of sp³-hybridized carbons (Fsp3) is 0.217. The number of carbonyl (C=O) groups is 1. The number of methoxy groups -OCH3 is 1. The summed E-state index contributed by atoms with van der Waals surface area (Å²) in [6, 6.07) is 10.8. The van der Waals surface area contributed by atoms with Crippen molar-refractivity contribution in [3.63, 3.8) is 0 Å². The standard InChI is InChI=1S/C23H19F6N3O2/c1-13-17(9-10-20(30-13)34-2)32-21(33)16-11-15(23(27,28)29)7-8-19(16)31-18-6-4-3-5-14(18)12-22(24,25)26/h3-11,31H,12H2,1-2H3,(H,32,33). The third-order valence-electron chi connectivity index (χ3n) is 4.79. The molecule has 0 radical (unpaired) electrons. The van der Waals surface area contributed by atoms with Gasteiger partial charge in [-0.15, -0.1) is 0 Å². The molecule has 3 rings (SSSR count). The molecule has 0 bridgehead atoms. The molecule has 0 atom stereocenters. The Kier molecular flexibility index (Phi) is 7.04. The highest BCUT2D eigenvalue weighted by molar-refractivity contribution is 6.08. The van der Waals surface area contributed by atoms with Crippen LogP contribution in [0.2, 0.25) is 0 Å². The number of aryl methyl sites for hydroxylation is 1. The van der Waals surface area contributed by atoms with E-state index in [1.165, 1.54) is 43.5 Å². The monoisotopic (exact) mass is 483 g/mol. The van der Waals surface area contributed by atoms with E-state index >= 15 is 0 Å². The lowest BCUT2D eigenvalue weighted by Gasteiger charge is -2.18. The first-order valence-electron chi connectivity index (χ1n) is 9.83. The van der Waals surface area contributed by atoms with Gasteiger partial charge in [0, 0.05) is 11.8 Å². The molecule has 0 spiro atoms. The van der Waals surface area contributed by atoms with Crippen molar-refractivity contribution in [3.8, 4) is 5.88 Å². The molecule has 5 nitrogen and oxygen atoms in total. The van der Waals surface area contributed by atoms with Crippen molar-refractivity contribution in [2.75, 3.05) is 17.7 Å². The number of amides is 1. The van der Waals surface area contributed by atoms with E-state index in [0.717, 1.165) is 12.1 Å². The minimum absolute atomic E-state index is 0.0101. The third kappa shape index (κ3) is 6.18. The van der Waals surface area contributed by atoms with Gasteiger partial charge in [0.05, 0.1) is 41.7 Å². The predicted molar refractivity (Wildman–Crippen MR) is 114 cm³/mol. The number of aromatic nitrogens is 1. The number of halogens is 6. The highest BCUT2D eigenvalue weighted by Crippen LogP contribution is 2.34. The lowest BCUT2D eigenvalue weighted by Crippen LogP contribution is -2.17. The van der Waals surface area contributed by atoms with Crippen LogP contribution in [-0.4, -0.2) is 24.2 Å². The van der Waals surface area contributed by atoms with Crippen molar-refractivity contribution in [1.82, 2.24) is 4.98 Å². The highest BCUT2D eigenvalue weighted by Gasteiger charge is 2.32. The van der Waals surface area contributed by atoms with Crippen molar-refractivity contribution in [2.24, 2.45) is 0 Å². The molecule has 3 aromatic rings. The average molecular weight is 483 g/mol. The molecule has 34 heavy (non-hydrogen) atoms. The molecule has 1 amide bonds. The number of hydrogen-bond donors (Lipinski definition) is 2. The van der Waals surface area contributed by atoms with Gasteiger partial charge in [-0.2, -0.15) is 26.3 Å². The number of ether oxygens (including phenoxy) is 1. The van der Waals surface area contributed by atoms with Crippen LogP contribution in [0, 0.1) is 6.92 Å². The van der Waals surface area contributed by atoms with E-state index in [-0.39, 0.29) is 28.5 Å². The minimum atomic E-state index is -4.74. The zero-order chi connectivity index (χ0) is 25.1. The third-order valence-corrected chi connectivity index (χ3v) is 4.79. The Morgan fingerprint density at radius 2 is 1.62 bits per heavy atom. The lowest BCUT2D eigenvalue weighted by atomic mass is 10.0. The molecule has 0 aliphatic rings. The predicted octanol–water partition coefficient (Wildman–Crippen LogP) is 6.52. The molecule has 180 valence electrons. The quantitative estimate of drug-likeness (QED) is 0.392. The number of nitrogens with zero attached hydrogens (tertiary/aromatic N) is 1. The average Bonchev–Trinajstić information content (AvgIpc) is 2.75. The molecule has 2 N–H and O–H groups in total. The van der Waals surface area contributed by atoms with Gasteiger partial charge in [-0.3, -0.25) is 4.79 Å². The van der Waals surface area contributed by atoms with Crippen LogP contribution in [0.15, 0.2) is 54.6 Å². The van der Waals surface area contributed by atoms with E-state index in [9.17, 15) is 31.1 Å². The van der Waals surface area contributed by atoms with Gasteiger partial charge >= 0.3 is 12.4 Å². The van der Waals surface area contributed by atoms with Gasteiger partial charge in [0.25, 0.3) is 5.91 Å². The SMILES string of the molecule is COc1ccc(NC(=O)c2cc(C(F)(F)F)ccc2Nc2ccccc2CC(F)(F)F)c(C)n1. The maximum atomic E-state index is 13.3. The Bertz CT molecular complexity index is 1190. The molecule has 0 unspecified atom stereocenters. The van der Waals surface area contributed by atoms with E-state index in [4.69, 9.17) is 4.74 Å². The maximum absolute atomic E-state index is 13.3. The van der Waals surface area contributed by atoms with E-state index in [1.807, 2.05) is 0 Å². The fourth-order valence-electron chi connectivity index (χ4n) is 3.15. The molecule has 0 aliphatic heterocycles. The van der Waals surface area contributed by atoms with Gasteiger partial charge in [0.15, 0.2) is 0 Å². The Balaban J connectivity index is 2.00. The first-order valence-corrected chi connectivity index (χ1v) is 9.83. The van der Waals surface area contributed by atoms with Crippen LogP contribution in [0.25, 0.3) is 0 Å². The maximum Gasteiger partial charge on any atom is 0.416 e. The van der Waals surface area contributed by atoms with Crippen molar-refractivity contribution in [1.29, 1.82) is 0 Å². The molecular weight excluding hydrogens is 464 g/mol. The largest absolute Gasteiger partial charge is 0.481 e. The van der Waals surface area contributed by atoms with Crippen LogP contribution in [0.5, 0.6) is 5.88 Å². The summed E-state index contributed by atoms with van der Waals surface area (Å²) in [5, 5.41) is 5.17. The second kappa shape index (κ2) is 9.62. The minimum Gasteiger partial charge on any atom is -0.481 e. The van der Waals surface area contributed by atoms with Gasteiger partial charge in [0.2, 0.25) is 5.88 Å². The zero-order valence-electron chi connectivity index (χ0n) is 17.9. The van der Waals surface area contributed by atoms with E-state index in [1.54, 1.807) is 6.92 Å². The van der Waals surface area contributed by atoms with Crippen molar-refractivity contribution in [2.45, 2.75) is 25.7 Å². The zero-order valence-corrected chi connectivity index (χ0v) is 17.9. The van der Waals surface area contributed by atoms with Gasteiger partial charge in [0.1, 0.15) is 0 Å². The molecule has 1 aromatic heterocycles. The van der Waals surface area contributed by atoms with Crippen LogP contribution in [0.1, 0.15) is 27.2 Å². The van der Waals surface area contributed by atoms with E-state index in [0.29, 0.717) is 11.8 Å². The molecule has 0 fully saturated rings. The Hall–Kier alpha value is -3.76. The summed E-state index contributed by atoms with van der Waals surface area (Å²) in [6.07, 6.45) is -10.5. The Morgan fingerprint density at radius 1 is 0.941 bits per heavy atom. The topological polar surface area (TPSA) is 63.2 Å². The smallest absolute Gasteiger partial charge is 0.416 e. The number of benzene rings is 2. The number of rotatable bonds is 6. The number of carbonyl (C=O) groups excluding carboxylic acids is 1. The molecule has 0 saturated heterocycles. The Labute approximate surface area is 190 Å². The first-order chi connectivity index (χ1) is 15.9.